The van der Waals surface area contributed by atoms with Crippen molar-refractivity contribution >= 4 is 5.91 Å². The molecule has 160 valence electrons. The standard InChI is InChI=1S/C24H27F3N2O/c1-17(20-5-4-6-21(15-20)24(25,26)27)29(22-11-12-22)16-18-7-9-19(10-8-18)23(30)28-13-2-3-14-28/h4-10,15,17,22H,2-3,11-14,16H2,1H3. The maximum atomic E-state index is 13.1. The molecule has 1 aliphatic heterocycles. The van der Waals surface area contributed by atoms with Crippen LogP contribution in [0.15, 0.2) is 48.5 Å². The molecule has 0 radical (unpaired) electrons. The SMILES string of the molecule is CC(c1cccc(C(F)(F)F)c1)N(Cc1ccc(C(=O)N2CCCC2)cc1)C1CC1. The average Bonchev–Trinajstić information content (AvgIpc) is 3.43. The van der Waals surface area contributed by atoms with E-state index in [1.165, 1.54) is 12.1 Å². The largest absolute Gasteiger partial charge is 0.416 e. The summed E-state index contributed by atoms with van der Waals surface area (Å²) in [5.74, 6) is 0.0791. The Morgan fingerprint density at radius 1 is 1.10 bits per heavy atom. The number of amides is 1. The van der Waals surface area contributed by atoms with Crippen molar-refractivity contribution in [2.75, 3.05) is 13.1 Å². The van der Waals surface area contributed by atoms with E-state index in [2.05, 4.69) is 4.90 Å². The summed E-state index contributed by atoms with van der Waals surface area (Å²) in [6, 6.07) is 13.6. The Bertz CT molecular complexity index is 884. The van der Waals surface area contributed by atoms with Crippen molar-refractivity contribution in [1.29, 1.82) is 0 Å². The first-order chi connectivity index (χ1) is 14.3. The van der Waals surface area contributed by atoms with Gasteiger partial charge in [0.2, 0.25) is 0 Å². The Kier molecular flexibility index (Phi) is 5.87. The number of hydrogen-bond donors (Lipinski definition) is 0. The minimum Gasteiger partial charge on any atom is -0.339 e. The molecule has 0 spiro atoms. The highest BCUT2D eigenvalue weighted by atomic mass is 19.4. The molecule has 1 saturated heterocycles. The monoisotopic (exact) mass is 416 g/mol. The second kappa shape index (κ2) is 8.42. The summed E-state index contributed by atoms with van der Waals surface area (Å²) in [6.07, 6.45) is -0.0806. The van der Waals surface area contributed by atoms with Gasteiger partial charge in [-0.3, -0.25) is 9.69 Å². The van der Waals surface area contributed by atoms with Gasteiger partial charge in [-0.15, -0.1) is 0 Å². The molecule has 2 aromatic carbocycles. The molecule has 0 aromatic heterocycles. The number of likely N-dealkylation sites (tertiary alicyclic amines) is 1. The molecule has 3 nitrogen and oxygen atoms in total. The molecule has 0 bridgehead atoms. The van der Waals surface area contributed by atoms with Gasteiger partial charge in [-0.25, -0.2) is 0 Å². The number of nitrogens with zero attached hydrogens (tertiary/aromatic N) is 2. The Balaban J connectivity index is 1.48. The highest BCUT2D eigenvalue weighted by Crippen LogP contribution is 2.37. The van der Waals surface area contributed by atoms with E-state index in [0.717, 1.165) is 50.4 Å². The zero-order chi connectivity index (χ0) is 21.3. The van der Waals surface area contributed by atoms with Crippen LogP contribution in [0, 0.1) is 0 Å². The minimum absolute atomic E-state index is 0.0791. The quantitative estimate of drug-likeness (QED) is 0.606. The van der Waals surface area contributed by atoms with E-state index >= 15 is 0 Å². The third-order valence-electron chi connectivity index (χ3n) is 6.17. The van der Waals surface area contributed by atoms with Gasteiger partial charge < -0.3 is 4.90 Å². The van der Waals surface area contributed by atoms with Crippen LogP contribution < -0.4 is 0 Å². The molecular formula is C24H27F3N2O. The summed E-state index contributed by atoms with van der Waals surface area (Å²) in [5.41, 5.74) is 1.84. The lowest BCUT2D eigenvalue weighted by Crippen LogP contribution is -2.29. The third kappa shape index (κ3) is 4.69. The highest BCUT2D eigenvalue weighted by Gasteiger charge is 2.35. The first-order valence-corrected chi connectivity index (χ1v) is 10.6. The summed E-state index contributed by atoms with van der Waals surface area (Å²) < 4.78 is 39.4. The van der Waals surface area contributed by atoms with E-state index in [-0.39, 0.29) is 11.9 Å². The molecule has 1 saturated carbocycles. The van der Waals surface area contributed by atoms with E-state index in [1.807, 2.05) is 36.1 Å². The normalized spacial score (nSPS) is 18.1. The zero-order valence-electron chi connectivity index (χ0n) is 17.2. The molecule has 2 aliphatic rings. The van der Waals surface area contributed by atoms with Crippen LogP contribution >= 0.6 is 0 Å². The first kappa shape index (κ1) is 20.9. The first-order valence-electron chi connectivity index (χ1n) is 10.6. The second-order valence-electron chi connectivity index (χ2n) is 8.40. The molecule has 2 aromatic rings. The van der Waals surface area contributed by atoms with E-state index in [4.69, 9.17) is 0 Å². The van der Waals surface area contributed by atoms with Crippen molar-refractivity contribution in [1.82, 2.24) is 9.80 Å². The Labute approximate surface area is 175 Å². The zero-order valence-corrected chi connectivity index (χ0v) is 17.2. The van der Waals surface area contributed by atoms with Gasteiger partial charge in [0.15, 0.2) is 0 Å². The van der Waals surface area contributed by atoms with Crippen molar-refractivity contribution in [3.63, 3.8) is 0 Å². The third-order valence-corrected chi connectivity index (χ3v) is 6.17. The number of alkyl halides is 3. The van der Waals surface area contributed by atoms with Crippen molar-refractivity contribution in [2.45, 2.75) is 57.4 Å². The van der Waals surface area contributed by atoms with Gasteiger partial charge in [-0.05, 0) is 68.0 Å². The van der Waals surface area contributed by atoms with Gasteiger partial charge in [0.1, 0.15) is 0 Å². The van der Waals surface area contributed by atoms with Crippen molar-refractivity contribution in [3.8, 4) is 0 Å². The number of hydrogen-bond acceptors (Lipinski definition) is 2. The van der Waals surface area contributed by atoms with Crippen molar-refractivity contribution < 1.29 is 18.0 Å². The predicted molar refractivity (Wildman–Crippen MR) is 110 cm³/mol. The molecular weight excluding hydrogens is 389 g/mol. The molecule has 1 amide bonds. The molecule has 4 rings (SSSR count). The van der Waals surface area contributed by atoms with Gasteiger partial charge in [-0.1, -0.05) is 24.3 Å². The molecule has 30 heavy (non-hydrogen) atoms. The number of benzene rings is 2. The summed E-state index contributed by atoms with van der Waals surface area (Å²) in [5, 5.41) is 0. The number of carbonyl (C=O) groups is 1. The molecule has 0 N–H and O–H groups in total. The lowest BCUT2D eigenvalue weighted by atomic mass is 10.0. The van der Waals surface area contributed by atoms with Crippen LogP contribution in [0.1, 0.15) is 65.7 Å². The fourth-order valence-electron chi connectivity index (χ4n) is 4.22. The summed E-state index contributed by atoms with van der Waals surface area (Å²) in [4.78, 5) is 16.7. The van der Waals surface area contributed by atoms with Crippen LogP contribution in [-0.4, -0.2) is 34.8 Å². The highest BCUT2D eigenvalue weighted by molar-refractivity contribution is 5.94. The number of halogens is 3. The van der Waals surface area contributed by atoms with E-state index in [0.29, 0.717) is 23.7 Å². The van der Waals surface area contributed by atoms with Crippen LogP contribution in [0.2, 0.25) is 0 Å². The lowest BCUT2D eigenvalue weighted by Gasteiger charge is -2.30. The smallest absolute Gasteiger partial charge is 0.339 e. The number of carbonyl (C=O) groups excluding carboxylic acids is 1. The lowest BCUT2D eigenvalue weighted by molar-refractivity contribution is -0.137. The minimum atomic E-state index is -4.34. The maximum Gasteiger partial charge on any atom is 0.416 e. The number of rotatable bonds is 6. The topological polar surface area (TPSA) is 23.6 Å². The van der Waals surface area contributed by atoms with Gasteiger partial charge in [0.25, 0.3) is 5.91 Å². The summed E-state index contributed by atoms with van der Waals surface area (Å²) in [6.45, 7) is 4.27. The van der Waals surface area contributed by atoms with E-state index < -0.39 is 11.7 Å². The van der Waals surface area contributed by atoms with Crippen LogP contribution in [0.3, 0.4) is 0 Å². The molecule has 1 aliphatic carbocycles. The summed E-state index contributed by atoms with van der Waals surface area (Å²) >= 11 is 0. The van der Waals surface area contributed by atoms with Gasteiger partial charge in [0, 0.05) is 37.3 Å². The fourth-order valence-corrected chi connectivity index (χ4v) is 4.22. The Hall–Kier alpha value is -2.34. The van der Waals surface area contributed by atoms with Crippen molar-refractivity contribution in [3.05, 3.63) is 70.8 Å². The van der Waals surface area contributed by atoms with Crippen molar-refractivity contribution in [2.24, 2.45) is 0 Å². The predicted octanol–water partition coefficient (Wildman–Crippen LogP) is 5.67. The summed E-state index contributed by atoms with van der Waals surface area (Å²) in [7, 11) is 0. The van der Waals surface area contributed by atoms with Crippen LogP contribution in [0.4, 0.5) is 13.2 Å². The van der Waals surface area contributed by atoms with Gasteiger partial charge in [-0.2, -0.15) is 13.2 Å². The van der Waals surface area contributed by atoms with E-state index in [9.17, 15) is 18.0 Å². The maximum absolute atomic E-state index is 13.1. The van der Waals surface area contributed by atoms with Gasteiger partial charge in [0.05, 0.1) is 5.56 Å². The molecule has 2 fully saturated rings. The fraction of sp³-hybridized carbons (Fsp3) is 0.458. The Morgan fingerprint density at radius 2 is 1.77 bits per heavy atom. The molecule has 1 heterocycles. The second-order valence-corrected chi connectivity index (χ2v) is 8.40. The molecule has 1 atom stereocenters. The van der Waals surface area contributed by atoms with Gasteiger partial charge >= 0.3 is 6.18 Å². The van der Waals surface area contributed by atoms with E-state index in [1.54, 1.807) is 6.07 Å². The molecule has 1 unspecified atom stereocenters. The van der Waals surface area contributed by atoms with Crippen LogP contribution in [0.25, 0.3) is 0 Å². The molecule has 6 heteroatoms. The Morgan fingerprint density at radius 3 is 2.37 bits per heavy atom. The van der Waals surface area contributed by atoms with Crippen LogP contribution in [0.5, 0.6) is 0 Å². The van der Waals surface area contributed by atoms with Crippen LogP contribution in [-0.2, 0) is 12.7 Å². The average molecular weight is 416 g/mol.